The molecule has 2 aromatic carbocycles. The lowest BCUT2D eigenvalue weighted by atomic mass is 9.96. The summed E-state index contributed by atoms with van der Waals surface area (Å²) in [5, 5.41) is 17.6. The zero-order valence-corrected chi connectivity index (χ0v) is 16.1. The summed E-state index contributed by atoms with van der Waals surface area (Å²) in [5.41, 5.74) is 19.5. The molecule has 1 N–H and O–H groups in total. The zero-order chi connectivity index (χ0) is 21.2. The molecule has 0 spiro atoms. The molecule has 10 heteroatoms. The van der Waals surface area contributed by atoms with Gasteiger partial charge in [-0.3, -0.25) is 0 Å². The molecule has 30 heavy (non-hydrogen) atoms. The Morgan fingerprint density at radius 2 is 1.43 bits per heavy atom. The summed E-state index contributed by atoms with van der Waals surface area (Å²) in [6, 6.07) is 17.9. The lowest BCUT2D eigenvalue weighted by Crippen LogP contribution is -2.59. The van der Waals surface area contributed by atoms with Crippen molar-refractivity contribution in [2.24, 2.45) is 10.2 Å². The molecule has 1 aliphatic rings. The Morgan fingerprint density at radius 3 is 1.97 bits per heavy atom. The predicted octanol–water partition coefficient (Wildman–Crippen LogP) is 3.86. The van der Waals surface area contributed by atoms with Crippen molar-refractivity contribution in [3.63, 3.8) is 0 Å². The zero-order valence-electron chi connectivity index (χ0n) is 16.1. The third-order valence-corrected chi connectivity index (χ3v) is 4.71. The minimum atomic E-state index is -1.42. The third-order valence-electron chi connectivity index (χ3n) is 4.71. The van der Waals surface area contributed by atoms with Crippen molar-refractivity contribution in [3.05, 3.63) is 92.7 Å². The van der Waals surface area contributed by atoms with Crippen LogP contribution in [0, 0.1) is 0 Å². The molecule has 0 aromatic heterocycles. The SMILES string of the molecule is [N-]=[N+]=NCC1O[C@H](O)C(N=[N+]=[N-])C(OCc2ccccc2)[C@@H]1OCc1ccccc1. The summed E-state index contributed by atoms with van der Waals surface area (Å²) in [4.78, 5) is 5.59. The molecular formula is C20H22N6O4. The normalized spacial score (nSPS) is 25.7. The molecule has 1 aliphatic heterocycles. The Bertz CT molecular complexity index is 887. The second-order valence-electron chi connectivity index (χ2n) is 6.70. The highest BCUT2D eigenvalue weighted by atomic mass is 16.6. The molecule has 156 valence electrons. The van der Waals surface area contributed by atoms with Crippen LogP contribution in [0.15, 0.2) is 70.9 Å². The predicted molar refractivity (Wildman–Crippen MR) is 108 cm³/mol. The van der Waals surface area contributed by atoms with Crippen molar-refractivity contribution < 1.29 is 19.3 Å². The van der Waals surface area contributed by atoms with Gasteiger partial charge in [0.2, 0.25) is 0 Å². The van der Waals surface area contributed by atoms with Crippen LogP contribution >= 0.6 is 0 Å². The molecule has 0 radical (unpaired) electrons. The summed E-state index contributed by atoms with van der Waals surface area (Å²) in [6.45, 7) is 0.391. The highest BCUT2D eigenvalue weighted by Gasteiger charge is 2.46. The molecule has 0 bridgehead atoms. The maximum atomic E-state index is 10.4. The van der Waals surface area contributed by atoms with E-state index in [9.17, 15) is 5.11 Å². The summed E-state index contributed by atoms with van der Waals surface area (Å²) in [7, 11) is 0. The van der Waals surface area contributed by atoms with E-state index >= 15 is 0 Å². The van der Waals surface area contributed by atoms with Gasteiger partial charge in [-0.1, -0.05) is 70.9 Å². The number of aliphatic hydroxyl groups is 1. The van der Waals surface area contributed by atoms with Crippen LogP contribution in [-0.2, 0) is 27.4 Å². The quantitative estimate of drug-likeness (QED) is 0.380. The number of hydrogen-bond acceptors (Lipinski definition) is 6. The van der Waals surface area contributed by atoms with Gasteiger partial charge in [0.05, 0.1) is 25.9 Å². The Balaban J connectivity index is 1.84. The lowest BCUT2D eigenvalue weighted by Gasteiger charge is -2.43. The standard InChI is InChI=1S/C20H22N6O4/c21-25-23-11-16-18(28-12-14-7-3-1-4-8-14)19(17(24-26-22)20(27)30-16)29-13-15-9-5-2-6-10-15/h1-10,16-20,27H,11-13H2/t16?,17?,18-,19?,20+/m1/s1. The van der Waals surface area contributed by atoms with E-state index in [2.05, 4.69) is 20.1 Å². The van der Waals surface area contributed by atoms with Crippen LogP contribution in [0.3, 0.4) is 0 Å². The fourth-order valence-electron chi connectivity index (χ4n) is 3.28. The fourth-order valence-corrected chi connectivity index (χ4v) is 3.28. The number of benzene rings is 2. The van der Waals surface area contributed by atoms with E-state index in [-0.39, 0.29) is 19.8 Å². The van der Waals surface area contributed by atoms with Gasteiger partial charge in [0.25, 0.3) is 0 Å². The lowest BCUT2D eigenvalue weighted by molar-refractivity contribution is -0.261. The molecule has 1 saturated heterocycles. The molecule has 0 amide bonds. The molecule has 0 aliphatic carbocycles. The van der Waals surface area contributed by atoms with Gasteiger partial charge < -0.3 is 19.3 Å². The van der Waals surface area contributed by atoms with E-state index in [0.717, 1.165) is 11.1 Å². The van der Waals surface area contributed by atoms with Crippen molar-refractivity contribution in [1.82, 2.24) is 0 Å². The van der Waals surface area contributed by atoms with Crippen LogP contribution in [0.1, 0.15) is 11.1 Å². The van der Waals surface area contributed by atoms with Crippen LogP contribution in [0.25, 0.3) is 20.9 Å². The van der Waals surface area contributed by atoms with Crippen molar-refractivity contribution in [3.8, 4) is 0 Å². The van der Waals surface area contributed by atoms with Gasteiger partial charge >= 0.3 is 0 Å². The summed E-state index contributed by atoms with van der Waals surface area (Å²) >= 11 is 0. The second kappa shape index (κ2) is 11.2. The molecule has 0 saturated carbocycles. The molecule has 1 fully saturated rings. The van der Waals surface area contributed by atoms with Crippen molar-refractivity contribution in [2.75, 3.05) is 6.54 Å². The first kappa shape index (κ1) is 21.6. The smallest absolute Gasteiger partial charge is 0.166 e. The van der Waals surface area contributed by atoms with Crippen molar-refractivity contribution in [2.45, 2.75) is 43.9 Å². The van der Waals surface area contributed by atoms with E-state index in [0.29, 0.717) is 0 Å². The minimum absolute atomic E-state index is 0.0683. The number of hydrogen-bond donors (Lipinski definition) is 1. The van der Waals surface area contributed by atoms with Gasteiger partial charge in [-0.05, 0) is 22.2 Å². The van der Waals surface area contributed by atoms with E-state index in [4.69, 9.17) is 25.3 Å². The second-order valence-corrected chi connectivity index (χ2v) is 6.70. The van der Waals surface area contributed by atoms with Crippen molar-refractivity contribution in [1.29, 1.82) is 0 Å². The Morgan fingerprint density at radius 1 is 0.867 bits per heavy atom. The van der Waals surface area contributed by atoms with E-state index in [1.165, 1.54) is 0 Å². The van der Waals surface area contributed by atoms with Crippen molar-refractivity contribution >= 4 is 0 Å². The number of aliphatic hydroxyl groups excluding tert-OH is 1. The van der Waals surface area contributed by atoms with Gasteiger partial charge in [0.1, 0.15) is 18.2 Å². The van der Waals surface area contributed by atoms with Crippen LogP contribution < -0.4 is 0 Å². The molecule has 5 atom stereocenters. The third kappa shape index (κ3) is 5.71. The number of azide groups is 2. The molecular weight excluding hydrogens is 388 g/mol. The highest BCUT2D eigenvalue weighted by Crippen LogP contribution is 2.29. The van der Waals surface area contributed by atoms with Crippen LogP contribution in [0.4, 0.5) is 0 Å². The summed E-state index contributed by atoms with van der Waals surface area (Å²) in [6.07, 6.45) is -3.74. The fraction of sp³-hybridized carbons (Fsp3) is 0.400. The maximum Gasteiger partial charge on any atom is 0.166 e. The first-order valence-corrected chi connectivity index (χ1v) is 9.42. The average molecular weight is 410 g/mol. The van der Waals surface area contributed by atoms with E-state index < -0.39 is 30.6 Å². The molecule has 3 unspecified atom stereocenters. The van der Waals surface area contributed by atoms with Gasteiger partial charge in [-0.25, -0.2) is 0 Å². The molecule has 2 aromatic rings. The van der Waals surface area contributed by atoms with Crippen LogP contribution in [0.2, 0.25) is 0 Å². The maximum absolute atomic E-state index is 10.4. The Hall–Kier alpha value is -3.10. The number of ether oxygens (including phenoxy) is 3. The summed E-state index contributed by atoms with van der Waals surface area (Å²) in [5.74, 6) is 0. The van der Waals surface area contributed by atoms with E-state index in [1.54, 1.807) is 0 Å². The largest absolute Gasteiger partial charge is 0.370 e. The molecule has 3 rings (SSSR count). The summed E-state index contributed by atoms with van der Waals surface area (Å²) < 4.78 is 17.7. The van der Waals surface area contributed by atoms with Gasteiger partial charge in [0, 0.05) is 9.82 Å². The number of nitrogens with zero attached hydrogens (tertiary/aromatic N) is 6. The van der Waals surface area contributed by atoms with Gasteiger partial charge in [-0.2, -0.15) is 0 Å². The Labute approximate surface area is 173 Å². The van der Waals surface area contributed by atoms with Crippen LogP contribution in [-0.4, -0.2) is 42.3 Å². The first-order chi connectivity index (χ1) is 14.7. The highest BCUT2D eigenvalue weighted by molar-refractivity contribution is 5.14. The topological polar surface area (TPSA) is 145 Å². The monoisotopic (exact) mass is 410 g/mol. The number of rotatable bonds is 9. The van der Waals surface area contributed by atoms with Gasteiger partial charge in [0.15, 0.2) is 6.29 Å². The van der Waals surface area contributed by atoms with Crippen LogP contribution in [0.5, 0.6) is 0 Å². The molecule has 1 heterocycles. The Kier molecular flexibility index (Phi) is 8.05. The van der Waals surface area contributed by atoms with Gasteiger partial charge in [-0.15, -0.1) is 0 Å². The molecule has 10 nitrogen and oxygen atoms in total. The minimum Gasteiger partial charge on any atom is -0.370 e. The van der Waals surface area contributed by atoms with E-state index in [1.807, 2.05) is 60.7 Å². The average Bonchev–Trinajstić information content (AvgIpc) is 2.78. The first-order valence-electron chi connectivity index (χ1n) is 9.42.